The zero-order chi connectivity index (χ0) is 16.8. The van der Waals surface area contributed by atoms with Crippen LogP contribution in [0.5, 0.6) is 0 Å². The van der Waals surface area contributed by atoms with Crippen molar-refractivity contribution in [2.45, 2.75) is 52.3 Å². The van der Waals surface area contributed by atoms with E-state index < -0.39 is 6.85 Å². The maximum absolute atomic E-state index is 8.05. The molecule has 2 aromatic rings. The third-order valence-electron chi connectivity index (χ3n) is 4.70. The molecule has 1 heterocycles. The average Bonchev–Trinajstić information content (AvgIpc) is 3.05. The topological polar surface area (TPSA) is 8.81 Å². The van der Waals surface area contributed by atoms with E-state index in [2.05, 4.69) is 6.92 Å². The van der Waals surface area contributed by atoms with E-state index in [4.69, 9.17) is 4.11 Å². The van der Waals surface area contributed by atoms with E-state index in [-0.39, 0.29) is 0 Å². The molecule has 0 amide bonds. The molecule has 0 spiro atoms. The molecule has 1 aromatic carbocycles. The summed E-state index contributed by atoms with van der Waals surface area (Å²) in [4.78, 5) is 0. The highest BCUT2D eigenvalue weighted by atomic mass is 15.2. The van der Waals surface area contributed by atoms with Gasteiger partial charge in [0.1, 0.15) is 17.1 Å². The molecule has 0 N–H and O–H groups in total. The predicted molar refractivity (Wildman–Crippen MR) is 82.4 cm³/mol. The first kappa shape index (κ1) is 10.2. The Morgan fingerprint density at radius 1 is 1.20 bits per heavy atom. The summed E-state index contributed by atoms with van der Waals surface area (Å²) in [6, 6.07) is 8.01. The van der Waals surface area contributed by atoms with Gasteiger partial charge in [-0.1, -0.05) is 31.0 Å². The maximum atomic E-state index is 8.05. The minimum absolute atomic E-state index is 0.409. The van der Waals surface area contributed by atoms with Crippen LogP contribution in [0.1, 0.15) is 58.5 Å². The summed E-state index contributed by atoms with van der Waals surface area (Å²) in [6.07, 6.45) is 4.80. The zero-order valence-corrected chi connectivity index (χ0v) is 12.6. The SMILES string of the molecule is [2H]C([2H])([2H])c1n(-c2ccccc2C)c(C)c(C2CCCC2)[n+]1C. The number of hydrogen-bond donors (Lipinski definition) is 0. The van der Waals surface area contributed by atoms with E-state index in [9.17, 15) is 0 Å². The van der Waals surface area contributed by atoms with Crippen LogP contribution in [0, 0.1) is 20.7 Å². The van der Waals surface area contributed by atoms with E-state index in [1.165, 1.54) is 18.5 Å². The van der Waals surface area contributed by atoms with Crippen molar-refractivity contribution in [1.82, 2.24) is 4.57 Å². The van der Waals surface area contributed by atoms with Gasteiger partial charge in [0.15, 0.2) is 0 Å². The van der Waals surface area contributed by atoms with Crippen LogP contribution in [0.15, 0.2) is 24.3 Å². The summed E-state index contributed by atoms with van der Waals surface area (Å²) in [7, 11) is 1.91. The Morgan fingerprint density at radius 2 is 1.90 bits per heavy atom. The number of hydrogen-bond acceptors (Lipinski definition) is 0. The smallest absolute Gasteiger partial charge is 0.234 e. The van der Waals surface area contributed by atoms with Crippen molar-refractivity contribution in [1.29, 1.82) is 0 Å². The summed E-state index contributed by atoms with van der Waals surface area (Å²) in [5, 5.41) is 0. The first-order chi connectivity index (χ1) is 10.8. The van der Waals surface area contributed by atoms with Gasteiger partial charge in [0.2, 0.25) is 0 Å². The van der Waals surface area contributed by atoms with Gasteiger partial charge in [-0.25, -0.2) is 4.57 Å². The first-order valence-electron chi connectivity index (χ1n) is 9.00. The van der Waals surface area contributed by atoms with Crippen LogP contribution in [0.2, 0.25) is 0 Å². The molecule has 20 heavy (non-hydrogen) atoms. The Kier molecular flexibility index (Phi) is 2.59. The molecule has 1 aliphatic rings. The fourth-order valence-corrected chi connectivity index (χ4v) is 3.66. The highest BCUT2D eigenvalue weighted by Gasteiger charge is 2.31. The molecule has 2 nitrogen and oxygen atoms in total. The van der Waals surface area contributed by atoms with E-state index in [1.54, 1.807) is 0 Å². The van der Waals surface area contributed by atoms with Gasteiger partial charge in [-0.05, 0) is 31.4 Å². The molecule has 0 aliphatic heterocycles. The molecular weight excluding hydrogens is 244 g/mol. The van der Waals surface area contributed by atoms with Gasteiger partial charge in [-0.2, -0.15) is 4.57 Å². The normalized spacial score (nSPS) is 18.9. The lowest BCUT2D eigenvalue weighted by molar-refractivity contribution is -0.685. The van der Waals surface area contributed by atoms with Crippen LogP contribution in [-0.2, 0) is 7.05 Å². The summed E-state index contributed by atoms with van der Waals surface area (Å²) >= 11 is 0. The Balaban J connectivity index is 2.30. The van der Waals surface area contributed by atoms with Crippen molar-refractivity contribution in [2.75, 3.05) is 0 Å². The van der Waals surface area contributed by atoms with E-state index in [1.807, 2.05) is 47.4 Å². The van der Waals surface area contributed by atoms with E-state index >= 15 is 0 Å². The highest BCUT2D eigenvalue weighted by Crippen LogP contribution is 2.35. The second-order valence-electron chi connectivity index (χ2n) is 5.96. The number of aryl methyl sites for hydroxylation is 1. The standard InChI is InChI=1S/C18H25N2/c1-13-9-5-8-12-17(13)20-14(2)18(19(4)15(20)3)16-10-6-7-11-16/h5,8-9,12,16H,6-7,10-11H2,1-4H3/q+1/i3D3. The number of nitrogens with zero attached hydrogens (tertiary/aromatic N) is 2. The Bertz CT molecular complexity index is 723. The number of benzene rings is 1. The fourth-order valence-electron chi connectivity index (χ4n) is 3.66. The lowest BCUT2D eigenvalue weighted by atomic mass is 10.0. The molecule has 0 bridgehead atoms. The van der Waals surface area contributed by atoms with Crippen LogP contribution in [0.4, 0.5) is 0 Å². The minimum atomic E-state index is -2.14. The van der Waals surface area contributed by atoms with Gasteiger partial charge in [-0.3, -0.25) is 0 Å². The van der Waals surface area contributed by atoms with Crippen LogP contribution < -0.4 is 4.57 Å². The van der Waals surface area contributed by atoms with Gasteiger partial charge >= 0.3 is 0 Å². The van der Waals surface area contributed by atoms with Crippen LogP contribution in [0.3, 0.4) is 0 Å². The van der Waals surface area contributed by atoms with Gasteiger partial charge < -0.3 is 0 Å². The number of para-hydroxylation sites is 1. The van der Waals surface area contributed by atoms with Crippen molar-refractivity contribution in [3.05, 3.63) is 47.0 Å². The third kappa shape index (κ3) is 1.98. The van der Waals surface area contributed by atoms with Gasteiger partial charge in [-0.15, -0.1) is 0 Å². The molecule has 0 unspecified atom stereocenters. The molecule has 2 heteroatoms. The molecule has 3 rings (SSSR count). The Hall–Kier alpha value is -1.57. The second kappa shape index (κ2) is 5.08. The van der Waals surface area contributed by atoms with E-state index in [0.717, 1.165) is 29.8 Å². The summed E-state index contributed by atoms with van der Waals surface area (Å²) in [5.41, 5.74) is 4.32. The zero-order valence-electron chi connectivity index (χ0n) is 15.6. The lowest BCUT2D eigenvalue weighted by Crippen LogP contribution is -2.35. The van der Waals surface area contributed by atoms with Crippen LogP contribution in [-0.4, -0.2) is 4.57 Å². The molecule has 1 saturated carbocycles. The summed E-state index contributed by atoms with van der Waals surface area (Å²) in [5.74, 6) is 0.887. The molecule has 0 saturated heterocycles. The lowest BCUT2D eigenvalue weighted by Gasteiger charge is -2.06. The second-order valence-corrected chi connectivity index (χ2v) is 5.96. The van der Waals surface area contributed by atoms with Crippen molar-refractivity contribution in [2.24, 2.45) is 7.05 Å². The van der Waals surface area contributed by atoms with Gasteiger partial charge in [0.25, 0.3) is 5.82 Å². The number of aromatic nitrogens is 2. The monoisotopic (exact) mass is 272 g/mol. The van der Waals surface area contributed by atoms with Crippen LogP contribution >= 0.6 is 0 Å². The fraction of sp³-hybridized carbons (Fsp3) is 0.500. The van der Waals surface area contributed by atoms with Gasteiger partial charge in [0, 0.05) is 23.8 Å². The molecule has 106 valence electrons. The van der Waals surface area contributed by atoms with Crippen molar-refractivity contribution in [3.63, 3.8) is 0 Å². The molecule has 1 fully saturated rings. The number of imidazole rings is 1. The highest BCUT2D eigenvalue weighted by molar-refractivity contribution is 5.42. The third-order valence-corrected chi connectivity index (χ3v) is 4.70. The quantitative estimate of drug-likeness (QED) is 0.734. The number of rotatable bonds is 2. The molecule has 1 aliphatic carbocycles. The molecular formula is C18H25N2+. The van der Waals surface area contributed by atoms with Crippen molar-refractivity contribution in [3.8, 4) is 5.69 Å². The maximum Gasteiger partial charge on any atom is 0.258 e. The largest absolute Gasteiger partial charge is 0.258 e. The van der Waals surface area contributed by atoms with Gasteiger partial charge in [0.05, 0.1) is 7.05 Å². The Labute approximate surface area is 126 Å². The first-order valence-corrected chi connectivity index (χ1v) is 7.50. The van der Waals surface area contributed by atoms with Crippen molar-refractivity contribution >= 4 is 0 Å². The molecule has 0 radical (unpaired) electrons. The summed E-state index contributed by atoms with van der Waals surface area (Å²) in [6.45, 7) is 1.96. The molecule has 1 aromatic heterocycles. The predicted octanol–water partition coefficient (Wildman–Crippen LogP) is 3.88. The summed E-state index contributed by atoms with van der Waals surface area (Å²) < 4.78 is 28.0. The van der Waals surface area contributed by atoms with E-state index in [0.29, 0.717) is 11.7 Å². The van der Waals surface area contributed by atoms with Crippen molar-refractivity contribution < 1.29 is 8.68 Å². The molecule has 0 atom stereocenters. The van der Waals surface area contributed by atoms with Crippen LogP contribution in [0.25, 0.3) is 5.69 Å². The minimum Gasteiger partial charge on any atom is -0.234 e. The Morgan fingerprint density at radius 3 is 2.55 bits per heavy atom. The average molecular weight is 272 g/mol.